The number of aliphatic hydroxyl groups excluding tert-OH is 1. The number of nitrogens with one attached hydrogen (secondary N) is 1. The van der Waals surface area contributed by atoms with Crippen LogP contribution < -0.4 is 18.9 Å². The smallest absolute Gasteiger partial charge is 0.162 e. The number of H-pyrrole nitrogens is 1. The summed E-state index contributed by atoms with van der Waals surface area (Å²) in [5, 5.41) is 18.7. The van der Waals surface area contributed by atoms with E-state index in [0.717, 1.165) is 16.5 Å². The zero-order chi connectivity index (χ0) is 18.7. The Morgan fingerprint density at radius 1 is 0.885 bits per heavy atom. The van der Waals surface area contributed by atoms with Crippen LogP contribution >= 0.6 is 0 Å². The second-order valence-corrected chi connectivity index (χ2v) is 5.77. The van der Waals surface area contributed by atoms with E-state index >= 15 is 0 Å². The molecule has 3 aromatic rings. The van der Waals surface area contributed by atoms with Gasteiger partial charge in [0.25, 0.3) is 0 Å². The van der Waals surface area contributed by atoms with E-state index in [9.17, 15) is 5.11 Å². The molecule has 1 heterocycles. The number of aromatic amines is 1. The third kappa shape index (κ3) is 3.25. The quantitative estimate of drug-likeness (QED) is 0.675. The van der Waals surface area contributed by atoms with Gasteiger partial charge in [0, 0.05) is 17.9 Å². The first-order valence-electron chi connectivity index (χ1n) is 8.10. The maximum atomic E-state index is 10.7. The van der Waals surface area contributed by atoms with Crippen LogP contribution in [-0.4, -0.2) is 43.7 Å². The van der Waals surface area contributed by atoms with E-state index in [1.807, 2.05) is 24.3 Å². The Morgan fingerprint density at radius 3 is 2.15 bits per heavy atom. The van der Waals surface area contributed by atoms with Crippen LogP contribution in [0.25, 0.3) is 10.9 Å². The second-order valence-electron chi connectivity index (χ2n) is 5.77. The molecule has 0 saturated carbocycles. The summed E-state index contributed by atoms with van der Waals surface area (Å²) in [5.74, 6) is 2.45. The molecule has 0 aliphatic heterocycles. The molecule has 7 nitrogen and oxygen atoms in total. The van der Waals surface area contributed by atoms with Crippen LogP contribution in [0.15, 0.2) is 30.3 Å². The molecule has 0 fully saturated rings. The van der Waals surface area contributed by atoms with Gasteiger partial charge in [-0.25, -0.2) is 0 Å². The van der Waals surface area contributed by atoms with E-state index in [-0.39, 0.29) is 0 Å². The monoisotopic (exact) mass is 358 g/mol. The molecule has 1 atom stereocenters. The summed E-state index contributed by atoms with van der Waals surface area (Å²) in [6.07, 6.45) is -0.408. The fraction of sp³-hybridized carbons (Fsp3) is 0.316. The number of ether oxygens (including phenoxy) is 4. The van der Waals surface area contributed by atoms with Crippen molar-refractivity contribution < 1.29 is 24.1 Å². The molecule has 0 amide bonds. The van der Waals surface area contributed by atoms with E-state index in [4.69, 9.17) is 18.9 Å². The van der Waals surface area contributed by atoms with Gasteiger partial charge in [-0.3, -0.25) is 5.10 Å². The van der Waals surface area contributed by atoms with Crippen molar-refractivity contribution in [3.8, 4) is 23.0 Å². The molecule has 0 aliphatic rings. The first-order valence-corrected chi connectivity index (χ1v) is 8.10. The van der Waals surface area contributed by atoms with Crippen LogP contribution in [-0.2, 0) is 6.42 Å². The second kappa shape index (κ2) is 7.53. The van der Waals surface area contributed by atoms with Gasteiger partial charge in [-0.05, 0) is 23.8 Å². The predicted octanol–water partition coefficient (Wildman–Crippen LogP) is 2.87. The van der Waals surface area contributed by atoms with E-state index in [1.54, 1.807) is 34.5 Å². The Morgan fingerprint density at radius 2 is 1.50 bits per heavy atom. The van der Waals surface area contributed by atoms with Gasteiger partial charge in [-0.2, -0.15) is 5.10 Å². The van der Waals surface area contributed by atoms with Crippen molar-refractivity contribution in [2.45, 2.75) is 12.5 Å². The van der Waals surface area contributed by atoms with Crippen molar-refractivity contribution in [2.24, 2.45) is 0 Å². The Kier molecular flexibility index (Phi) is 5.18. The molecule has 0 spiro atoms. The number of rotatable bonds is 7. The third-order valence-electron chi connectivity index (χ3n) is 4.29. The zero-order valence-corrected chi connectivity index (χ0v) is 15.2. The Labute approximate surface area is 151 Å². The Balaban J connectivity index is 1.91. The maximum absolute atomic E-state index is 10.7. The number of fused-ring (bicyclic) bond motifs is 1. The molecule has 0 aliphatic carbocycles. The fourth-order valence-corrected chi connectivity index (χ4v) is 2.95. The van der Waals surface area contributed by atoms with Crippen molar-refractivity contribution in [3.05, 3.63) is 41.6 Å². The van der Waals surface area contributed by atoms with E-state index in [0.29, 0.717) is 35.1 Å². The van der Waals surface area contributed by atoms with Crippen molar-refractivity contribution >= 4 is 10.9 Å². The Bertz CT molecular complexity index is 906. The van der Waals surface area contributed by atoms with E-state index in [2.05, 4.69) is 10.2 Å². The SMILES string of the molecule is COc1ccc(CC(O)c2n[nH]c3cc(OC)c(OC)cc23)cc1OC. The number of methoxy groups -OCH3 is 4. The number of nitrogens with zero attached hydrogens (tertiary/aromatic N) is 1. The number of hydrogen-bond acceptors (Lipinski definition) is 6. The maximum Gasteiger partial charge on any atom is 0.162 e. The number of hydrogen-bond donors (Lipinski definition) is 2. The van der Waals surface area contributed by atoms with Gasteiger partial charge in [-0.1, -0.05) is 6.07 Å². The minimum atomic E-state index is -0.792. The van der Waals surface area contributed by atoms with Crippen LogP contribution in [0.4, 0.5) is 0 Å². The number of aromatic nitrogens is 2. The molecule has 138 valence electrons. The summed E-state index contributed by atoms with van der Waals surface area (Å²) in [7, 11) is 6.32. The summed E-state index contributed by atoms with van der Waals surface area (Å²) in [4.78, 5) is 0. The zero-order valence-electron chi connectivity index (χ0n) is 15.2. The number of benzene rings is 2. The summed E-state index contributed by atoms with van der Waals surface area (Å²) >= 11 is 0. The molecule has 2 N–H and O–H groups in total. The molecule has 26 heavy (non-hydrogen) atoms. The van der Waals surface area contributed by atoms with Gasteiger partial charge in [0.2, 0.25) is 0 Å². The highest BCUT2D eigenvalue weighted by molar-refractivity contribution is 5.85. The van der Waals surface area contributed by atoms with Gasteiger partial charge in [-0.15, -0.1) is 0 Å². The summed E-state index contributed by atoms with van der Waals surface area (Å²) in [6, 6.07) is 9.17. The lowest BCUT2D eigenvalue weighted by Gasteiger charge is -2.13. The minimum absolute atomic E-state index is 0.384. The molecular weight excluding hydrogens is 336 g/mol. The molecule has 0 radical (unpaired) electrons. The van der Waals surface area contributed by atoms with Gasteiger partial charge < -0.3 is 24.1 Å². The van der Waals surface area contributed by atoms with Crippen LogP contribution in [0.2, 0.25) is 0 Å². The van der Waals surface area contributed by atoms with Gasteiger partial charge in [0.1, 0.15) is 6.10 Å². The van der Waals surface area contributed by atoms with Crippen LogP contribution in [0.1, 0.15) is 17.4 Å². The average Bonchev–Trinajstić information content (AvgIpc) is 3.09. The molecule has 3 rings (SSSR count). The predicted molar refractivity (Wildman–Crippen MR) is 97.4 cm³/mol. The lowest BCUT2D eigenvalue weighted by atomic mass is 10.0. The van der Waals surface area contributed by atoms with E-state index < -0.39 is 6.10 Å². The highest BCUT2D eigenvalue weighted by Crippen LogP contribution is 2.35. The average molecular weight is 358 g/mol. The largest absolute Gasteiger partial charge is 0.493 e. The fourth-order valence-electron chi connectivity index (χ4n) is 2.95. The molecule has 0 bridgehead atoms. The standard InChI is InChI=1S/C19H22N2O5/c1-23-15-6-5-11(8-16(15)24-2)7-14(22)19-12-9-17(25-3)18(26-4)10-13(12)20-21-19/h5-6,8-10,14,22H,7H2,1-4H3,(H,20,21). The third-order valence-corrected chi connectivity index (χ3v) is 4.29. The van der Waals surface area contributed by atoms with Gasteiger partial charge in [0.15, 0.2) is 23.0 Å². The summed E-state index contributed by atoms with van der Waals surface area (Å²) in [5.41, 5.74) is 2.23. The van der Waals surface area contributed by atoms with Crippen LogP contribution in [0, 0.1) is 0 Å². The summed E-state index contributed by atoms with van der Waals surface area (Å²) < 4.78 is 21.2. The van der Waals surface area contributed by atoms with Crippen molar-refractivity contribution in [2.75, 3.05) is 28.4 Å². The van der Waals surface area contributed by atoms with Gasteiger partial charge in [0.05, 0.1) is 39.6 Å². The molecule has 7 heteroatoms. The highest BCUT2D eigenvalue weighted by atomic mass is 16.5. The molecule has 2 aromatic carbocycles. The number of aliphatic hydroxyl groups is 1. The highest BCUT2D eigenvalue weighted by Gasteiger charge is 2.19. The molecule has 1 aromatic heterocycles. The topological polar surface area (TPSA) is 85.8 Å². The molecule has 0 saturated heterocycles. The lowest BCUT2D eigenvalue weighted by molar-refractivity contribution is 0.175. The first kappa shape index (κ1) is 17.9. The van der Waals surface area contributed by atoms with Crippen molar-refractivity contribution in [3.63, 3.8) is 0 Å². The molecule has 1 unspecified atom stereocenters. The molecular formula is C19H22N2O5. The minimum Gasteiger partial charge on any atom is -0.493 e. The normalized spacial score (nSPS) is 12.0. The van der Waals surface area contributed by atoms with Crippen molar-refractivity contribution in [1.29, 1.82) is 0 Å². The van der Waals surface area contributed by atoms with Crippen molar-refractivity contribution in [1.82, 2.24) is 10.2 Å². The Hall–Kier alpha value is -2.93. The van der Waals surface area contributed by atoms with Gasteiger partial charge >= 0.3 is 0 Å². The van der Waals surface area contributed by atoms with Crippen LogP contribution in [0.5, 0.6) is 23.0 Å². The summed E-state index contributed by atoms with van der Waals surface area (Å²) in [6.45, 7) is 0. The first-order chi connectivity index (χ1) is 12.6. The van der Waals surface area contributed by atoms with Crippen LogP contribution in [0.3, 0.4) is 0 Å². The lowest BCUT2D eigenvalue weighted by Crippen LogP contribution is -2.03. The van der Waals surface area contributed by atoms with E-state index in [1.165, 1.54) is 0 Å².